The molecule has 0 fully saturated rings. The minimum absolute atomic E-state index is 0.436. The van der Waals surface area contributed by atoms with Crippen molar-refractivity contribution in [1.82, 2.24) is 10.6 Å². The van der Waals surface area contributed by atoms with Crippen LogP contribution in [-0.4, -0.2) is 31.5 Å². The molecule has 0 aliphatic carbocycles. The van der Waals surface area contributed by atoms with Crippen LogP contribution >= 0.6 is 0 Å². The van der Waals surface area contributed by atoms with Crippen LogP contribution in [0.3, 0.4) is 0 Å². The van der Waals surface area contributed by atoms with Crippen LogP contribution < -0.4 is 10.6 Å². The Labute approximate surface area is 89.9 Å². The van der Waals surface area contributed by atoms with E-state index in [1.807, 2.05) is 0 Å². The first-order valence-electron chi connectivity index (χ1n) is 4.87. The molecule has 0 atom stereocenters. The lowest BCUT2D eigenvalue weighted by molar-refractivity contribution is 0.0529. The van der Waals surface area contributed by atoms with Gasteiger partial charge in [0.25, 0.3) is 0 Å². The molecule has 0 aromatic heterocycles. The van der Waals surface area contributed by atoms with E-state index in [1.165, 1.54) is 12.3 Å². The van der Waals surface area contributed by atoms with Crippen molar-refractivity contribution in [2.45, 2.75) is 26.4 Å². The van der Waals surface area contributed by atoms with Gasteiger partial charge >= 0.3 is 6.09 Å². The molecule has 15 heavy (non-hydrogen) atoms. The first-order valence-corrected chi connectivity index (χ1v) is 4.87. The lowest BCUT2D eigenvalue weighted by Crippen LogP contribution is -2.35. The van der Waals surface area contributed by atoms with E-state index >= 15 is 0 Å². The number of nitrogens with one attached hydrogen (secondary N) is 2. The van der Waals surface area contributed by atoms with Crippen molar-refractivity contribution in [2.24, 2.45) is 0 Å². The molecule has 2 N–H and O–H groups in total. The SMILES string of the molecule is CC(C)(C)OC(=O)NCCN/C=C/CF. The molecule has 0 aliphatic rings. The Balaban J connectivity index is 3.44. The molecule has 0 unspecified atom stereocenters. The van der Waals surface area contributed by atoms with Gasteiger partial charge < -0.3 is 15.4 Å². The number of carbonyl (C=O) groups is 1. The van der Waals surface area contributed by atoms with Crippen LogP contribution in [0.4, 0.5) is 9.18 Å². The normalized spacial score (nSPS) is 11.5. The molecule has 0 aromatic carbocycles. The van der Waals surface area contributed by atoms with Crippen LogP contribution in [-0.2, 0) is 4.74 Å². The van der Waals surface area contributed by atoms with Crippen LogP contribution in [0.5, 0.6) is 0 Å². The number of hydrogen-bond donors (Lipinski definition) is 2. The summed E-state index contributed by atoms with van der Waals surface area (Å²) in [7, 11) is 0. The summed E-state index contributed by atoms with van der Waals surface area (Å²) in [6, 6.07) is 0. The highest BCUT2D eigenvalue weighted by Gasteiger charge is 2.15. The molecule has 0 rings (SSSR count). The highest BCUT2D eigenvalue weighted by atomic mass is 19.1. The zero-order valence-electron chi connectivity index (χ0n) is 9.47. The van der Waals surface area contributed by atoms with E-state index in [-0.39, 0.29) is 0 Å². The summed E-state index contributed by atoms with van der Waals surface area (Å²) in [5.74, 6) is 0. The fourth-order valence-electron chi connectivity index (χ4n) is 0.762. The largest absolute Gasteiger partial charge is 0.444 e. The molecule has 0 bridgehead atoms. The summed E-state index contributed by atoms with van der Waals surface area (Å²) in [4.78, 5) is 11.1. The molecule has 0 heterocycles. The van der Waals surface area contributed by atoms with E-state index in [9.17, 15) is 9.18 Å². The molecular weight excluding hydrogens is 199 g/mol. The highest BCUT2D eigenvalue weighted by Crippen LogP contribution is 2.05. The standard InChI is InChI=1S/C10H19FN2O2/c1-10(2,3)15-9(14)13-8-7-12-6-4-5-11/h4,6,12H,5,7-8H2,1-3H3,(H,13,14)/b6-4+. The molecule has 1 amide bonds. The van der Waals surface area contributed by atoms with Crippen LogP contribution in [0.25, 0.3) is 0 Å². The molecule has 0 aliphatic heterocycles. The topological polar surface area (TPSA) is 50.4 Å². The quantitative estimate of drug-likeness (QED) is 0.689. The average Bonchev–Trinajstić information content (AvgIpc) is 2.08. The fourth-order valence-corrected chi connectivity index (χ4v) is 0.762. The number of carbonyl (C=O) groups excluding carboxylic acids is 1. The van der Waals surface area contributed by atoms with Crippen LogP contribution in [0.2, 0.25) is 0 Å². The number of rotatable bonds is 5. The van der Waals surface area contributed by atoms with Gasteiger partial charge in [-0.1, -0.05) is 0 Å². The maximum atomic E-state index is 11.6. The summed E-state index contributed by atoms with van der Waals surface area (Å²) >= 11 is 0. The Hall–Kier alpha value is -1.26. The molecule has 0 spiro atoms. The van der Waals surface area contributed by atoms with Gasteiger partial charge in [0.05, 0.1) is 0 Å². The van der Waals surface area contributed by atoms with Gasteiger partial charge in [-0.15, -0.1) is 0 Å². The Kier molecular flexibility index (Phi) is 6.49. The van der Waals surface area contributed by atoms with Crippen molar-refractivity contribution < 1.29 is 13.9 Å². The molecule has 0 saturated carbocycles. The number of alkyl halides is 1. The van der Waals surface area contributed by atoms with Gasteiger partial charge in [0.1, 0.15) is 12.3 Å². The van der Waals surface area contributed by atoms with Crippen LogP contribution in [0, 0.1) is 0 Å². The lowest BCUT2D eigenvalue weighted by Gasteiger charge is -2.19. The third-order valence-corrected chi connectivity index (χ3v) is 1.26. The van der Waals surface area contributed by atoms with Crippen molar-refractivity contribution >= 4 is 6.09 Å². The fraction of sp³-hybridized carbons (Fsp3) is 0.700. The Morgan fingerprint density at radius 2 is 2.07 bits per heavy atom. The highest BCUT2D eigenvalue weighted by molar-refractivity contribution is 5.67. The number of allylic oxidation sites excluding steroid dienone is 1. The van der Waals surface area contributed by atoms with Gasteiger partial charge in [0, 0.05) is 13.1 Å². The first-order chi connectivity index (χ1) is 6.95. The number of hydrogen-bond acceptors (Lipinski definition) is 3. The lowest BCUT2D eigenvalue weighted by atomic mass is 10.2. The maximum Gasteiger partial charge on any atom is 0.407 e. The molecule has 5 heteroatoms. The van der Waals surface area contributed by atoms with Crippen molar-refractivity contribution in [1.29, 1.82) is 0 Å². The zero-order valence-corrected chi connectivity index (χ0v) is 9.47. The number of alkyl carbamates (subject to hydrolysis) is 1. The Bertz CT molecular complexity index is 212. The van der Waals surface area contributed by atoms with Crippen molar-refractivity contribution in [2.75, 3.05) is 19.8 Å². The van der Waals surface area contributed by atoms with E-state index in [4.69, 9.17) is 4.74 Å². The second kappa shape index (κ2) is 7.09. The number of ether oxygens (including phenoxy) is 1. The zero-order chi connectivity index (χ0) is 11.7. The van der Waals surface area contributed by atoms with Gasteiger partial charge in [-0.2, -0.15) is 0 Å². The second-order valence-corrected chi connectivity index (χ2v) is 3.94. The summed E-state index contributed by atoms with van der Waals surface area (Å²) in [6.45, 7) is 5.88. The van der Waals surface area contributed by atoms with E-state index < -0.39 is 18.4 Å². The van der Waals surface area contributed by atoms with Gasteiger partial charge in [0.2, 0.25) is 0 Å². The van der Waals surface area contributed by atoms with E-state index in [0.717, 1.165) is 0 Å². The van der Waals surface area contributed by atoms with Gasteiger partial charge in [-0.05, 0) is 33.0 Å². The predicted molar refractivity (Wildman–Crippen MR) is 57.4 cm³/mol. The molecule has 4 nitrogen and oxygen atoms in total. The van der Waals surface area contributed by atoms with Crippen LogP contribution in [0.15, 0.2) is 12.3 Å². The first kappa shape index (κ1) is 13.7. The summed E-state index contributed by atoms with van der Waals surface area (Å²) < 4.78 is 16.6. The van der Waals surface area contributed by atoms with Crippen molar-refractivity contribution in [3.05, 3.63) is 12.3 Å². The monoisotopic (exact) mass is 218 g/mol. The third kappa shape index (κ3) is 10.7. The maximum absolute atomic E-state index is 11.6. The van der Waals surface area contributed by atoms with Gasteiger partial charge in [0.15, 0.2) is 0 Å². The van der Waals surface area contributed by atoms with Crippen LogP contribution in [0.1, 0.15) is 20.8 Å². The Morgan fingerprint density at radius 1 is 1.40 bits per heavy atom. The van der Waals surface area contributed by atoms with E-state index in [0.29, 0.717) is 13.1 Å². The Morgan fingerprint density at radius 3 is 2.60 bits per heavy atom. The minimum Gasteiger partial charge on any atom is -0.444 e. The van der Waals surface area contributed by atoms with E-state index in [2.05, 4.69) is 10.6 Å². The molecule has 0 aromatic rings. The second-order valence-electron chi connectivity index (χ2n) is 3.94. The third-order valence-electron chi connectivity index (χ3n) is 1.26. The number of amides is 1. The van der Waals surface area contributed by atoms with Gasteiger partial charge in [-0.3, -0.25) is 0 Å². The molecule has 0 saturated heterocycles. The summed E-state index contributed by atoms with van der Waals surface area (Å²) in [5.41, 5.74) is -0.481. The molecule has 88 valence electrons. The average molecular weight is 218 g/mol. The molecule has 0 radical (unpaired) electrons. The minimum atomic E-state index is -0.494. The summed E-state index contributed by atoms with van der Waals surface area (Å²) in [5, 5.41) is 5.38. The van der Waals surface area contributed by atoms with Crippen molar-refractivity contribution in [3.8, 4) is 0 Å². The van der Waals surface area contributed by atoms with Gasteiger partial charge in [-0.25, -0.2) is 9.18 Å². The molecular formula is C10H19FN2O2. The number of halogens is 1. The van der Waals surface area contributed by atoms with E-state index in [1.54, 1.807) is 20.8 Å². The summed E-state index contributed by atoms with van der Waals surface area (Å²) in [6.07, 6.45) is 2.42. The van der Waals surface area contributed by atoms with Crippen molar-refractivity contribution in [3.63, 3.8) is 0 Å². The smallest absolute Gasteiger partial charge is 0.407 e. The predicted octanol–water partition coefficient (Wildman–Crippen LogP) is 1.58.